The fraction of sp³-hybridized carbons (Fsp3) is 0.381. The number of ether oxygens (including phenoxy) is 1. The molecule has 6 heteroatoms. The number of carbonyl (C=O) groups is 2. The third-order valence-electron chi connectivity index (χ3n) is 4.29. The fourth-order valence-electron chi connectivity index (χ4n) is 2.97. The van der Waals surface area contributed by atoms with Gasteiger partial charge in [0.05, 0.1) is 23.9 Å². The summed E-state index contributed by atoms with van der Waals surface area (Å²) in [7, 11) is 0. The van der Waals surface area contributed by atoms with E-state index in [0.717, 1.165) is 5.56 Å². The Kier molecular flexibility index (Phi) is 6.16. The van der Waals surface area contributed by atoms with Crippen molar-refractivity contribution in [3.05, 3.63) is 53.2 Å². The van der Waals surface area contributed by atoms with Crippen LogP contribution in [0, 0.1) is 5.92 Å². The molecule has 2 aliphatic rings. The first-order valence-electron chi connectivity index (χ1n) is 9.12. The van der Waals surface area contributed by atoms with Gasteiger partial charge in [-0.25, -0.2) is 9.79 Å². The third kappa shape index (κ3) is 4.50. The molecule has 1 amide bonds. The molecule has 3 rings (SSSR count). The van der Waals surface area contributed by atoms with Gasteiger partial charge in [-0.05, 0) is 18.4 Å². The van der Waals surface area contributed by atoms with Crippen LogP contribution in [0.1, 0.15) is 32.8 Å². The van der Waals surface area contributed by atoms with Gasteiger partial charge in [0.1, 0.15) is 0 Å². The average molecular weight is 385 g/mol. The Morgan fingerprint density at radius 3 is 2.81 bits per heavy atom. The Morgan fingerprint density at radius 2 is 2.11 bits per heavy atom. The molecule has 2 aliphatic heterocycles. The highest BCUT2D eigenvalue weighted by Gasteiger charge is 2.39. The van der Waals surface area contributed by atoms with Gasteiger partial charge in [0.25, 0.3) is 0 Å². The van der Waals surface area contributed by atoms with Gasteiger partial charge in [0, 0.05) is 12.2 Å². The maximum Gasteiger partial charge on any atom is 0.338 e. The molecule has 1 aromatic rings. The SMILES string of the molecule is CC1=C(C(=O)OCC(C)C)[C@@H](/C=C/c2ccccc2)N2C(=O)CCSC2=N1. The molecule has 1 fully saturated rings. The maximum atomic E-state index is 12.8. The number of hydrogen-bond acceptors (Lipinski definition) is 5. The minimum atomic E-state index is -0.502. The van der Waals surface area contributed by atoms with Gasteiger partial charge in [0.2, 0.25) is 5.91 Å². The number of aliphatic imine (C=N–C) groups is 1. The number of thioether (sulfide) groups is 1. The molecule has 0 aliphatic carbocycles. The van der Waals surface area contributed by atoms with E-state index in [4.69, 9.17) is 4.74 Å². The molecule has 5 nitrogen and oxygen atoms in total. The summed E-state index contributed by atoms with van der Waals surface area (Å²) < 4.78 is 5.47. The van der Waals surface area contributed by atoms with Crippen LogP contribution in [0.3, 0.4) is 0 Å². The van der Waals surface area contributed by atoms with Crippen LogP contribution in [0.25, 0.3) is 6.08 Å². The Morgan fingerprint density at radius 1 is 1.37 bits per heavy atom. The summed E-state index contributed by atoms with van der Waals surface area (Å²) in [5.74, 6) is 0.527. The molecule has 0 unspecified atom stereocenters. The monoisotopic (exact) mass is 384 g/mol. The van der Waals surface area contributed by atoms with Crippen molar-refractivity contribution in [2.45, 2.75) is 33.2 Å². The molecular formula is C21H24N2O3S. The van der Waals surface area contributed by atoms with Gasteiger partial charge in [-0.15, -0.1) is 0 Å². The number of esters is 1. The predicted octanol–water partition coefficient (Wildman–Crippen LogP) is 3.88. The van der Waals surface area contributed by atoms with E-state index in [1.807, 2.05) is 56.3 Å². The summed E-state index contributed by atoms with van der Waals surface area (Å²) >= 11 is 1.55. The van der Waals surface area contributed by atoms with Crippen molar-refractivity contribution in [1.82, 2.24) is 4.90 Å². The molecule has 2 heterocycles. The van der Waals surface area contributed by atoms with Crippen LogP contribution in [0.5, 0.6) is 0 Å². The van der Waals surface area contributed by atoms with Crippen molar-refractivity contribution >= 4 is 34.9 Å². The molecule has 0 spiro atoms. The Labute approximate surface area is 164 Å². The van der Waals surface area contributed by atoms with Crippen molar-refractivity contribution in [2.24, 2.45) is 10.9 Å². The number of rotatable bonds is 5. The van der Waals surface area contributed by atoms with Crippen molar-refractivity contribution in [2.75, 3.05) is 12.4 Å². The largest absolute Gasteiger partial charge is 0.462 e. The zero-order chi connectivity index (χ0) is 19.4. The van der Waals surface area contributed by atoms with E-state index in [2.05, 4.69) is 4.99 Å². The molecular weight excluding hydrogens is 360 g/mol. The summed E-state index contributed by atoms with van der Waals surface area (Å²) in [5, 5.41) is 0.659. The standard InChI is InChI=1S/C21H24N2O3S/c1-14(2)13-26-20(25)19-15(3)22-21-23(18(24)11-12-27-21)17(19)10-9-16-7-5-4-6-8-16/h4-10,14,17H,11-13H2,1-3H3/b10-9+/t17-/m1/s1. The predicted molar refractivity (Wildman–Crippen MR) is 109 cm³/mol. The van der Waals surface area contributed by atoms with E-state index in [-0.39, 0.29) is 11.8 Å². The molecule has 0 bridgehead atoms. The zero-order valence-corrected chi connectivity index (χ0v) is 16.7. The van der Waals surface area contributed by atoms with Gasteiger partial charge in [-0.2, -0.15) is 0 Å². The second-order valence-corrected chi connectivity index (χ2v) is 8.02. The highest BCUT2D eigenvalue weighted by atomic mass is 32.2. The zero-order valence-electron chi connectivity index (χ0n) is 15.8. The van der Waals surface area contributed by atoms with Crippen LogP contribution in [0.4, 0.5) is 0 Å². The van der Waals surface area contributed by atoms with Crippen LogP contribution < -0.4 is 0 Å². The minimum Gasteiger partial charge on any atom is -0.462 e. The molecule has 1 saturated heterocycles. The molecule has 0 N–H and O–H groups in total. The van der Waals surface area contributed by atoms with E-state index in [0.29, 0.717) is 35.2 Å². The lowest BCUT2D eigenvalue weighted by Gasteiger charge is -2.37. The lowest BCUT2D eigenvalue weighted by Crippen LogP contribution is -2.49. The van der Waals surface area contributed by atoms with Crippen LogP contribution >= 0.6 is 11.8 Å². The lowest BCUT2D eigenvalue weighted by atomic mass is 10.00. The van der Waals surface area contributed by atoms with Crippen molar-refractivity contribution in [3.8, 4) is 0 Å². The van der Waals surface area contributed by atoms with Crippen LogP contribution in [-0.2, 0) is 14.3 Å². The van der Waals surface area contributed by atoms with Gasteiger partial charge < -0.3 is 4.74 Å². The Bertz CT molecular complexity index is 812. The summed E-state index contributed by atoms with van der Waals surface area (Å²) in [6, 6.07) is 9.31. The average Bonchev–Trinajstić information content (AvgIpc) is 2.64. The van der Waals surface area contributed by atoms with E-state index in [1.165, 1.54) is 0 Å². The molecule has 142 valence electrons. The normalized spacial score (nSPS) is 20.1. The Hall–Kier alpha value is -2.34. The number of amides is 1. The third-order valence-corrected chi connectivity index (χ3v) is 5.24. The van der Waals surface area contributed by atoms with Crippen molar-refractivity contribution in [3.63, 3.8) is 0 Å². The van der Waals surface area contributed by atoms with Gasteiger partial charge in [0.15, 0.2) is 5.17 Å². The first kappa shape index (κ1) is 19.4. The van der Waals surface area contributed by atoms with Gasteiger partial charge in [-0.1, -0.05) is 68.1 Å². The van der Waals surface area contributed by atoms with Gasteiger partial charge in [-0.3, -0.25) is 9.69 Å². The molecule has 0 saturated carbocycles. The molecule has 1 aromatic carbocycles. The Balaban J connectivity index is 1.97. The number of amidine groups is 1. The van der Waals surface area contributed by atoms with E-state index in [9.17, 15) is 9.59 Å². The number of fused-ring (bicyclic) bond motifs is 1. The smallest absolute Gasteiger partial charge is 0.338 e. The van der Waals surface area contributed by atoms with E-state index < -0.39 is 12.0 Å². The van der Waals surface area contributed by atoms with Crippen molar-refractivity contribution in [1.29, 1.82) is 0 Å². The highest BCUT2D eigenvalue weighted by Crippen LogP contribution is 2.32. The number of allylic oxidation sites excluding steroid dienone is 1. The molecule has 1 atom stereocenters. The van der Waals surface area contributed by atoms with Crippen molar-refractivity contribution < 1.29 is 14.3 Å². The van der Waals surface area contributed by atoms with Crippen LogP contribution in [-0.4, -0.2) is 40.3 Å². The molecule has 27 heavy (non-hydrogen) atoms. The van der Waals surface area contributed by atoms with Gasteiger partial charge >= 0.3 is 5.97 Å². The number of hydrogen-bond donors (Lipinski definition) is 0. The second kappa shape index (κ2) is 8.57. The number of benzene rings is 1. The summed E-state index contributed by atoms with van der Waals surface area (Å²) in [6.45, 7) is 6.12. The maximum absolute atomic E-state index is 12.8. The summed E-state index contributed by atoms with van der Waals surface area (Å²) in [5.41, 5.74) is 2.05. The first-order chi connectivity index (χ1) is 13.0. The quantitative estimate of drug-likeness (QED) is 0.723. The lowest BCUT2D eigenvalue weighted by molar-refractivity contribution is -0.140. The minimum absolute atomic E-state index is 0.0168. The summed E-state index contributed by atoms with van der Waals surface area (Å²) in [4.78, 5) is 31.6. The second-order valence-electron chi connectivity index (χ2n) is 6.96. The molecule has 0 radical (unpaired) electrons. The van der Waals surface area contributed by atoms with E-state index >= 15 is 0 Å². The van der Waals surface area contributed by atoms with E-state index in [1.54, 1.807) is 23.6 Å². The number of carbonyl (C=O) groups excluding carboxylic acids is 2. The summed E-state index contributed by atoms with van der Waals surface area (Å²) in [6.07, 6.45) is 4.26. The topological polar surface area (TPSA) is 59.0 Å². The fourth-order valence-corrected chi connectivity index (χ4v) is 3.99. The first-order valence-corrected chi connectivity index (χ1v) is 10.1. The highest BCUT2D eigenvalue weighted by molar-refractivity contribution is 8.14. The number of nitrogens with zero attached hydrogens (tertiary/aromatic N) is 2. The van der Waals surface area contributed by atoms with Crippen LogP contribution in [0.15, 0.2) is 52.7 Å². The molecule has 0 aromatic heterocycles. The van der Waals surface area contributed by atoms with Crippen LogP contribution in [0.2, 0.25) is 0 Å².